The Morgan fingerprint density at radius 2 is 2.15 bits per heavy atom. The smallest absolute Gasteiger partial charge is 0.337 e. The number of carbonyl (C=O) groups is 1. The molecular formula is C12H7ClN2O5. The van der Waals surface area contributed by atoms with Gasteiger partial charge < -0.3 is 9.84 Å². The highest BCUT2D eigenvalue weighted by Crippen LogP contribution is 2.36. The van der Waals surface area contributed by atoms with Crippen LogP contribution in [0.15, 0.2) is 36.7 Å². The van der Waals surface area contributed by atoms with Crippen molar-refractivity contribution >= 4 is 23.3 Å². The molecular weight excluding hydrogens is 288 g/mol. The van der Waals surface area contributed by atoms with Crippen molar-refractivity contribution in [2.45, 2.75) is 0 Å². The number of hydrogen-bond acceptors (Lipinski definition) is 5. The van der Waals surface area contributed by atoms with Gasteiger partial charge in [-0.15, -0.1) is 0 Å². The van der Waals surface area contributed by atoms with Gasteiger partial charge in [0, 0.05) is 6.20 Å². The monoisotopic (exact) mass is 294 g/mol. The van der Waals surface area contributed by atoms with Gasteiger partial charge in [0.1, 0.15) is 10.8 Å². The van der Waals surface area contributed by atoms with Crippen LogP contribution < -0.4 is 4.74 Å². The SMILES string of the molecule is O=C(O)c1cncc(Oc2cccc(Cl)c2[N+](=O)[O-])c1. The summed E-state index contributed by atoms with van der Waals surface area (Å²) in [5, 5.41) is 19.7. The van der Waals surface area contributed by atoms with Gasteiger partial charge in [-0.1, -0.05) is 17.7 Å². The Labute approximate surface area is 117 Å². The van der Waals surface area contributed by atoms with E-state index < -0.39 is 16.6 Å². The number of benzene rings is 1. The van der Waals surface area contributed by atoms with Crippen LogP contribution in [0.25, 0.3) is 0 Å². The third-order valence-corrected chi connectivity index (χ3v) is 2.63. The molecule has 20 heavy (non-hydrogen) atoms. The molecule has 0 aliphatic heterocycles. The molecule has 0 spiro atoms. The molecule has 2 aromatic rings. The minimum atomic E-state index is -1.18. The van der Waals surface area contributed by atoms with Crippen molar-refractivity contribution in [2.24, 2.45) is 0 Å². The van der Waals surface area contributed by atoms with Gasteiger partial charge >= 0.3 is 11.7 Å². The Bertz CT molecular complexity index is 689. The summed E-state index contributed by atoms with van der Waals surface area (Å²) in [6.07, 6.45) is 2.39. The summed E-state index contributed by atoms with van der Waals surface area (Å²) >= 11 is 5.74. The van der Waals surface area contributed by atoms with Gasteiger partial charge in [0.25, 0.3) is 0 Å². The lowest BCUT2D eigenvalue weighted by molar-refractivity contribution is -0.385. The molecule has 1 heterocycles. The number of pyridine rings is 1. The molecule has 0 bridgehead atoms. The molecule has 0 saturated heterocycles. The normalized spacial score (nSPS) is 10.1. The van der Waals surface area contributed by atoms with Gasteiger partial charge in [-0.05, 0) is 18.2 Å². The van der Waals surface area contributed by atoms with E-state index in [1.807, 2.05) is 0 Å². The van der Waals surface area contributed by atoms with Crippen LogP contribution >= 0.6 is 11.6 Å². The third-order valence-electron chi connectivity index (χ3n) is 2.32. The first-order valence-corrected chi connectivity index (χ1v) is 5.66. The number of carboxylic acid groups (broad SMARTS) is 1. The largest absolute Gasteiger partial charge is 0.478 e. The number of hydrogen-bond donors (Lipinski definition) is 1. The fourth-order valence-corrected chi connectivity index (χ4v) is 1.71. The summed E-state index contributed by atoms with van der Waals surface area (Å²) in [4.78, 5) is 24.8. The first kappa shape index (κ1) is 13.8. The van der Waals surface area contributed by atoms with E-state index in [1.54, 1.807) is 0 Å². The van der Waals surface area contributed by atoms with Crippen LogP contribution in [0.4, 0.5) is 5.69 Å². The van der Waals surface area contributed by atoms with E-state index in [0.717, 1.165) is 6.20 Å². The topological polar surface area (TPSA) is 103 Å². The standard InChI is InChI=1S/C12H7ClN2O5/c13-9-2-1-3-10(11(9)15(18)19)20-8-4-7(12(16)17)5-14-6-8/h1-6H,(H,16,17). The Balaban J connectivity index is 2.40. The van der Waals surface area contributed by atoms with Gasteiger partial charge in [-0.3, -0.25) is 15.1 Å². The van der Waals surface area contributed by atoms with Gasteiger partial charge in [0.2, 0.25) is 5.75 Å². The Kier molecular flexibility index (Phi) is 3.81. The number of nitro benzene ring substituents is 1. The third kappa shape index (κ3) is 2.83. The second kappa shape index (κ2) is 5.54. The number of aromatic carboxylic acids is 1. The van der Waals surface area contributed by atoms with Gasteiger partial charge in [-0.25, -0.2) is 4.79 Å². The minimum Gasteiger partial charge on any atom is -0.478 e. The van der Waals surface area contributed by atoms with E-state index in [9.17, 15) is 14.9 Å². The first-order valence-electron chi connectivity index (χ1n) is 5.28. The van der Waals surface area contributed by atoms with Crippen molar-refractivity contribution in [1.29, 1.82) is 0 Å². The van der Waals surface area contributed by atoms with Crippen LogP contribution in [0, 0.1) is 10.1 Å². The molecule has 0 atom stereocenters. The summed E-state index contributed by atoms with van der Waals surface area (Å²) in [5.74, 6) is -1.20. The average Bonchev–Trinajstić information content (AvgIpc) is 2.38. The molecule has 0 aliphatic carbocycles. The van der Waals surface area contributed by atoms with E-state index in [-0.39, 0.29) is 22.1 Å². The van der Waals surface area contributed by atoms with Crippen LogP contribution in [0.2, 0.25) is 5.02 Å². The molecule has 102 valence electrons. The van der Waals surface area contributed by atoms with Crippen molar-refractivity contribution in [1.82, 2.24) is 4.98 Å². The molecule has 0 unspecified atom stereocenters. The van der Waals surface area contributed by atoms with Gasteiger partial charge in [-0.2, -0.15) is 0 Å². The average molecular weight is 295 g/mol. The lowest BCUT2D eigenvalue weighted by Crippen LogP contribution is -1.99. The maximum absolute atomic E-state index is 10.9. The Morgan fingerprint density at radius 1 is 1.40 bits per heavy atom. The number of halogens is 1. The molecule has 8 heteroatoms. The van der Waals surface area contributed by atoms with Crippen molar-refractivity contribution in [3.63, 3.8) is 0 Å². The highest BCUT2D eigenvalue weighted by molar-refractivity contribution is 6.32. The molecule has 1 aromatic carbocycles. The predicted octanol–water partition coefficient (Wildman–Crippen LogP) is 3.13. The maximum Gasteiger partial charge on any atom is 0.337 e. The molecule has 0 radical (unpaired) electrons. The lowest BCUT2D eigenvalue weighted by atomic mass is 10.2. The van der Waals surface area contributed by atoms with E-state index >= 15 is 0 Å². The zero-order valence-electron chi connectivity index (χ0n) is 9.82. The van der Waals surface area contributed by atoms with Crippen LogP contribution in [0.3, 0.4) is 0 Å². The number of ether oxygens (including phenoxy) is 1. The maximum atomic E-state index is 10.9. The number of para-hydroxylation sites is 1. The van der Waals surface area contributed by atoms with E-state index in [2.05, 4.69) is 4.98 Å². The number of nitro groups is 1. The van der Waals surface area contributed by atoms with Crippen molar-refractivity contribution in [2.75, 3.05) is 0 Å². The molecule has 1 N–H and O–H groups in total. The molecule has 0 aliphatic rings. The predicted molar refractivity (Wildman–Crippen MR) is 69.4 cm³/mol. The summed E-state index contributed by atoms with van der Waals surface area (Å²) in [6, 6.07) is 5.41. The van der Waals surface area contributed by atoms with Crippen LogP contribution in [0.5, 0.6) is 11.5 Å². The lowest BCUT2D eigenvalue weighted by Gasteiger charge is -2.07. The van der Waals surface area contributed by atoms with Crippen molar-refractivity contribution < 1.29 is 19.6 Å². The summed E-state index contributed by atoms with van der Waals surface area (Å²) in [6.45, 7) is 0. The molecule has 0 fully saturated rings. The number of aromatic nitrogens is 1. The highest BCUT2D eigenvalue weighted by Gasteiger charge is 2.20. The minimum absolute atomic E-state index is 0.0651. The molecule has 1 aromatic heterocycles. The quantitative estimate of drug-likeness (QED) is 0.686. The summed E-state index contributed by atoms with van der Waals surface area (Å²) in [7, 11) is 0. The molecule has 0 saturated carbocycles. The van der Waals surface area contributed by atoms with Gasteiger partial charge in [0.05, 0.1) is 16.7 Å². The number of carboxylic acids is 1. The zero-order chi connectivity index (χ0) is 14.7. The second-order valence-corrected chi connectivity index (χ2v) is 4.07. The summed E-state index contributed by atoms with van der Waals surface area (Å²) < 4.78 is 5.29. The van der Waals surface area contributed by atoms with E-state index in [1.165, 1.54) is 30.5 Å². The second-order valence-electron chi connectivity index (χ2n) is 3.66. The number of nitrogens with zero attached hydrogens (tertiary/aromatic N) is 2. The van der Waals surface area contributed by atoms with Crippen LogP contribution in [-0.2, 0) is 0 Å². The zero-order valence-corrected chi connectivity index (χ0v) is 10.6. The molecule has 0 amide bonds. The number of rotatable bonds is 4. The van der Waals surface area contributed by atoms with E-state index in [0.29, 0.717) is 0 Å². The fraction of sp³-hybridized carbons (Fsp3) is 0. The van der Waals surface area contributed by atoms with E-state index in [4.69, 9.17) is 21.4 Å². The summed E-state index contributed by atoms with van der Waals surface area (Å²) in [5.41, 5.74) is -0.484. The van der Waals surface area contributed by atoms with Gasteiger partial charge in [0.15, 0.2) is 0 Å². The molecule has 7 nitrogen and oxygen atoms in total. The first-order chi connectivity index (χ1) is 9.49. The van der Waals surface area contributed by atoms with Crippen molar-refractivity contribution in [3.8, 4) is 11.5 Å². The highest BCUT2D eigenvalue weighted by atomic mass is 35.5. The van der Waals surface area contributed by atoms with Crippen LogP contribution in [0.1, 0.15) is 10.4 Å². The van der Waals surface area contributed by atoms with Crippen LogP contribution in [-0.4, -0.2) is 21.0 Å². The Morgan fingerprint density at radius 3 is 2.80 bits per heavy atom. The van der Waals surface area contributed by atoms with Crippen molar-refractivity contribution in [3.05, 3.63) is 57.4 Å². The Hall–Kier alpha value is -2.67. The molecule has 2 rings (SSSR count). The fourth-order valence-electron chi connectivity index (χ4n) is 1.47.